The van der Waals surface area contributed by atoms with Crippen molar-refractivity contribution in [2.24, 2.45) is 0 Å². The van der Waals surface area contributed by atoms with Crippen molar-refractivity contribution in [2.75, 3.05) is 0 Å². The van der Waals surface area contributed by atoms with E-state index in [1.54, 1.807) is 0 Å². The highest BCUT2D eigenvalue weighted by molar-refractivity contribution is 6.02. The molecule has 0 spiro atoms. The molecule has 28 heavy (non-hydrogen) atoms. The zero-order valence-corrected chi connectivity index (χ0v) is 13.6. The van der Waals surface area contributed by atoms with Gasteiger partial charge < -0.3 is 9.26 Å². The van der Waals surface area contributed by atoms with Crippen LogP contribution in [-0.4, -0.2) is 21.3 Å². The van der Waals surface area contributed by atoms with Crippen LogP contribution in [0.5, 0.6) is 5.75 Å². The van der Waals surface area contributed by atoms with Crippen LogP contribution in [0.1, 0.15) is 5.69 Å². The molecule has 6 nitrogen and oxygen atoms in total. The summed E-state index contributed by atoms with van der Waals surface area (Å²) in [7, 11) is 0. The van der Waals surface area contributed by atoms with E-state index in [1.807, 2.05) is 0 Å². The summed E-state index contributed by atoms with van der Waals surface area (Å²) in [5, 5.41) is 4.01. The van der Waals surface area contributed by atoms with Crippen molar-refractivity contribution in [3.63, 3.8) is 0 Å². The van der Waals surface area contributed by atoms with Gasteiger partial charge in [-0.1, -0.05) is 5.16 Å². The van der Waals surface area contributed by atoms with E-state index in [-0.39, 0.29) is 33.4 Å². The first kappa shape index (κ1) is 17.9. The molecular weight excluding hydrogens is 389 g/mol. The molecule has 0 fully saturated rings. The Kier molecular flexibility index (Phi) is 4.02. The zero-order chi connectivity index (χ0) is 20.1. The van der Waals surface area contributed by atoms with Gasteiger partial charge in [0.2, 0.25) is 0 Å². The molecular formula is C17H8F5N3O3. The number of fused-ring (bicyclic) bond motifs is 3. The molecule has 3 aromatic heterocycles. The minimum Gasteiger partial charge on any atom is -0.435 e. The monoisotopic (exact) mass is 397 g/mol. The van der Waals surface area contributed by atoms with Gasteiger partial charge in [0.25, 0.3) is 5.56 Å². The maximum absolute atomic E-state index is 13.1. The van der Waals surface area contributed by atoms with Crippen LogP contribution in [0, 0.1) is 0 Å². The highest BCUT2D eigenvalue weighted by atomic mass is 19.4. The minimum absolute atomic E-state index is 0.0911. The molecule has 144 valence electrons. The largest absolute Gasteiger partial charge is 0.435 e. The second-order valence-electron chi connectivity index (χ2n) is 5.66. The number of benzene rings is 1. The maximum atomic E-state index is 13.1. The standard InChI is InChI=1S/C17H8F5N3O3/c18-16(19)28-9-3-1-8(2-4-9)25-14-10(5-6-12(23-14)17(20,21)22)11-7-27-24-13(11)15(25)26/h1-7,16H. The second kappa shape index (κ2) is 6.29. The molecule has 0 aliphatic carbocycles. The smallest absolute Gasteiger partial charge is 0.433 e. The number of pyridine rings is 2. The Labute approximate surface area is 151 Å². The van der Waals surface area contributed by atoms with Gasteiger partial charge in [-0.3, -0.25) is 9.36 Å². The van der Waals surface area contributed by atoms with Crippen molar-refractivity contribution < 1.29 is 31.2 Å². The van der Waals surface area contributed by atoms with Crippen molar-refractivity contribution in [1.29, 1.82) is 0 Å². The summed E-state index contributed by atoms with van der Waals surface area (Å²) in [5.41, 5.74) is -2.26. The molecule has 1 aromatic carbocycles. The first-order valence-electron chi connectivity index (χ1n) is 7.68. The maximum Gasteiger partial charge on any atom is 0.433 e. The summed E-state index contributed by atoms with van der Waals surface area (Å²) in [6.07, 6.45) is -3.59. The molecule has 3 heterocycles. The lowest BCUT2D eigenvalue weighted by Crippen LogP contribution is -2.21. The Morgan fingerprint density at radius 2 is 1.75 bits per heavy atom. The summed E-state index contributed by atoms with van der Waals surface area (Å²) in [4.78, 5) is 16.4. The quantitative estimate of drug-likeness (QED) is 0.486. The Morgan fingerprint density at radius 1 is 1.04 bits per heavy atom. The number of alkyl halides is 5. The molecule has 4 rings (SSSR count). The van der Waals surface area contributed by atoms with Crippen LogP contribution in [0.15, 0.2) is 52.0 Å². The molecule has 0 N–H and O–H groups in total. The fourth-order valence-corrected chi connectivity index (χ4v) is 2.79. The lowest BCUT2D eigenvalue weighted by molar-refractivity contribution is -0.141. The van der Waals surface area contributed by atoms with E-state index in [4.69, 9.17) is 4.52 Å². The van der Waals surface area contributed by atoms with Crippen LogP contribution in [0.25, 0.3) is 27.6 Å². The lowest BCUT2D eigenvalue weighted by Gasteiger charge is -2.13. The zero-order valence-electron chi connectivity index (χ0n) is 13.6. The van der Waals surface area contributed by atoms with Crippen LogP contribution in [0.4, 0.5) is 22.0 Å². The first-order valence-corrected chi connectivity index (χ1v) is 7.68. The normalized spacial score (nSPS) is 12.2. The molecule has 0 amide bonds. The fraction of sp³-hybridized carbons (Fsp3) is 0.118. The van der Waals surface area contributed by atoms with E-state index in [1.165, 1.54) is 12.1 Å². The highest BCUT2D eigenvalue weighted by Gasteiger charge is 2.33. The van der Waals surface area contributed by atoms with Gasteiger partial charge in [-0.2, -0.15) is 22.0 Å². The third kappa shape index (κ3) is 2.94. The number of ether oxygens (including phenoxy) is 1. The van der Waals surface area contributed by atoms with Gasteiger partial charge in [-0.15, -0.1) is 0 Å². The molecule has 11 heteroatoms. The summed E-state index contributed by atoms with van der Waals surface area (Å²) < 4.78 is 73.9. The molecule has 0 atom stereocenters. The van der Waals surface area contributed by atoms with Crippen molar-refractivity contribution in [2.45, 2.75) is 12.8 Å². The minimum atomic E-state index is -4.73. The SMILES string of the molecule is O=c1c2nocc2c2ccc(C(F)(F)F)nc2n1-c1ccc(OC(F)F)cc1. The van der Waals surface area contributed by atoms with E-state index < -0.39 is 24.0 Å². The van der Waals surface area contributed by atoms with Crippen molar-refractivity contribution >= 4 is 21.9 Å². The van der Waals surface area contributed by atoms with Crippen LogP contribution >= 0.6 is 0 Å². The Bertz CT molecular complexity index is 1230. The van der Waals surface area contributed by atoms with Gasteiger partial charge in [0.1, 0.15) is 23.4 Å². The van der Waals surface area contributed by atoms with E-state index in [0.717, 1.165) is 35.1 Å². The fourth-order valence-electron chi connectivity index (χ4n) is 2.79. The number of nitrogens with zero attached hydrogens (tertiary/aromatic N) is 3. The van der Waals surface area contributed by atoms with Crippen LogP contribution < -0.4 is 10.3 Å². The molecule has 0 aliphatic heterocycles. The Morgan fingerprint density at radius 3 is 2.39 bits per heavy atom. The molecule has 0 unspecified atom stereocenters. The van der Waals surface area contributed by atoms with Crippen molar-refractivity contribution in [3.05, 3.63) is 58.7 Å². The summed E-state index contributed by atoms with van der Waals surface area (Å²) in [5.74, 6) is -0.178. The average Bonchev–Trinajstić information content (AvgIpc) is 3.12. The molecule has 4 aromatic rings. The molecule has 0 radical (unpaired) electrons. The predicted octanol–water partition coefficient (Wildman–Crippen LogP) is 4.15. The summed E-state index contributed by atoms with van der Waals surface area (Å²) >= 11 is 0. The van der Waals surface area contributed by atoms with Gasteiger partial charge in [-0.05, 0) is 36.4 Å². The van der Waals surface area contributed by atoms with Crippen LogP contribution in [0.2, 0.25) is 0 Å². The van der Waals surface area contributed by atoms with Crippen molar-refractivity contribution in [1.82, 2.24) is 14.7 Å². The molecule has 0 aliphatic rings. The number of halogens is 5. The van der Waals surface area contributed by atoms with Gasteiger partial charge in [0, 0.05) is 5.39 Å². The van der Waals surface area contributed by atoms with E-state index in [9.17, 15) is 26.7 Å². The van der Waals surface area contributed by atoms with Crippen LogP contribution in [0.3, 0.4) is 0 Å². The summed E-state index contributed by atoms with van der Waals surface area (Å²) in [6.45, 7) is -3.04. The topological polar surface area (TPSA) is 70.2 Å². The van der Waals surface area contributed by atoms with Gasteiger partial charge in [-0.25, -0.2) is 4.98 Å². The molecule has 0 saturated heterocycles. The lowest BCUT2D eigenvalue weighted by atomic mass is 10.1. The van der Waals surface area contributed by atoms with Gasteiger partial charge >= 0.3 is 12.8 Å². The highest BCUT2D eigenvalue weighted by Crippen LogP contribution is 2.31. The average molecular weight is 397 g/mol. The van der Waals surface area contributed by atoms with Gasteiger partial charge in [0.15, 0.2) is 5.52 Å². The van der Waals surface area contributed by atoms with E-state index in [2.05, 4.69) is 14.9 Å². The van der Waals surface area contributed by atoms with Gasteiger partial charge in [0.05, 0.1) is 11.1 Å². The van der Waals surface area contributed by atoms with Crippen molar-refractivity contribution in [3.8, 4) is 11.4 Å². The Hall–Kier alpha value is -3.50. The van der Waals surface area contributed by atoms with Crippen LogP contribution in [-0.2, 0) is 6.18 Å². The molecule has 0 saturated carbocycles. The Balaban J connectivity index is 2.02. The number of hydrogen-bond donors (Lipinski definition) is 0. The second-order valence-corrected chi connectivity index (χ2v) is 5.66. The molecule has 0 bridgehead atoms. The first-order chi connectivity index (χ1) is 13.3. The summed E-state index contributed by atoms with van der Waals surface area (Å²) in [6, 6.07) is 6.73. The third-order valence-electron chi connectivity index (χ3n) is 3.96. The number of hydrogen-bond acceptors (Lipinski definition) is 5. The third-order valence-corrected chi connectivity index (χ3v) is 3.96. The van der Waals surface area contributed by atoms with E-state index >= 15 is 0 Å². The number of aromatic nitrogens is 3. The van der Waals surface area contributed by atoms with E-state index in [0.29, 0.717) is 0 Å². The predicted molar refractivity (Wildman–Crippen MR) is 86.5 cm³/mol. The number of rotatable bonds is 3.